The second kappa shape index (κ2) is 8.18. The molecule has 1 amide bonds. The van der Waals surface area contributed by atoms with Crippen molar-refractivity contribution in [1.82, 2.24) is 4.57 Å². The SMILES string of the molecule is COc1ccc(-n2cc(C(=O)O)c3c2C(c2ccc(OC)c(O)c2)CC(=O)N3)c(OC)c1. The van der Waals surface area contributed by atoms with Crippen LogP contribution in [-0.4, -0.2) is 48.0 Å². The molecule has 32 heavy (non-hydrogen) atoms. The first-order valence-corrected chi connectivity index (χ1v) is 9.75. The van der Waals surface area contributed by atoms with Gasteiger partial charge in [-0.25, -0.2) is 4.79 Å². The Morgan fingerprint density at radius 1 is 1.06 bits per heavy atom. The monoisotopic (exact) mass is 438 g/mol. The maximum Gasteiger partial charge on any atom is 0.339 e. The third-order valence-corrected chi connectivity index (χ3v) is 5.51. The van der Waals surface area contributed by atoms with Crippen molar-refractivity contribution in [2.75, 3.05) is 26.6 Å². The quantitative estimate of drug-likeness (QED) is 0.540. The molecule has 0 bridgehead atoms. The highest BCUT2D eigenvalue weighted by Gasteiger charge is 2.35. The number of aromatic carboxylic acids is 1. The number of hydrogen-bond donors (Lipinski definition) is 3. The number of ether oxygens (including phenoxy) is 3. The fourth-order valence-electron chi connectivity index (χ4n) is 4.01. The van der Waals surface area contributed by atoms with E-state index in [0.717, 1.165) is 0 Å². The van der Waals surface area contributed by atoms with Gasteiger partial charge in [-0.2, -0.15) is 0 Å². The number of nitrogens with one attached hydrogen (secondary N) is 1. The average Bonchev–Trinajstić information content (AvgIpc) is 3.17. The van der Waals surface area contributed by atoms with Crippen molar-refractivity contribution in [3.63, 3.8) is 0 Å². The lowest BCUT2D eigenvalue weighted by atomic mass is 9.88. The maximum absolute atomic E-state index is 12.5. The van der Waals surface area contributed by atoms with Crippen molar-refractivity contribution in [3.8, 4) is 28.7 Å². The van der Waals surface area contributed by atoms with Crippen LogP contribution in [0.25, 0.3) is 5.69 Å². The summed E-state index contributed by atoms with van der Waals surface area (Å²) in [5.74, 6) is -0.743. The zero-order valence-electron chi connectivity index (χ0n) is 17.7. The molecule has 1 atom stereocenters. The molecule has 2 heterocycles. The van der Waals surface area contributed by atoms with Crippen LogP contribution in [0, 0.1) is 0 Å². The van der Waals surface area contributed by atoms with E-state index in [1.54, 1.807) is 34.9 Å². The molecule has 1 aliphatic heterocycles. The van der Waals surface area contributed by atoms with Crippen molar-refractivity contribution >= 4 is 17.6 Å². The van der Waals surface area contributed by atoms with E-state index in [0.29, 0.717) is 34.2 Å². The van der Waals surface area contributed by atoms with Gasteiger partial charge in [0, 0.05) is 24.6 Å². The van der Waals surface area contributed by atoms with Gasteiger partial charge in [0.2, 0.25) is 5.91 Å². The van der Waals surface area contributed by atoms with E-state index < -0.39 is 11.9 Å². The second-order valence-corrected chi connectivity index (χ2v) is 7.25. The van der Waals surface area contributed by atoms with Crippen molar-refractivity contribution in [2.24, 2.45) is 0 Å². The van der Waals surface area contributed by atoms with Crippen LogP contribution >= 0.6 is 0 Å². The lowest BCUT2D eigenvalue weighted by Gasteiger charge is -2.27. The smallest absolute Gasteiger partial charge is 0.339 e. The number of benzene rings is 2. The number of carboxylic acids is 1. The van der Waals surface area contributed by atoms with Crippen LogP contribution in [0.3, 0.4) is 0 Å². The van der Waals surface area contributed by atoms with Crippen LogP contribution in [0.4, 0.5) is 5.69 Å². The number of rotatable bonds is 6. The molecule has 9 nitrogen and oxygen atoms in total. The molecular weight excluding hydrogens is 416 g/mol. The number of hydrogen-bond acceptors (Lipinski definition) is 6. The molecule has 1 unspecified atom stereocenters. The standard InChI is InChI=1S/C23H22N2O7/c1-30-13-5-6-16(19(9-13)32-3)25-11-15(23(28)29)21-22(25)14(10-20(27)24-21)12-4-7-18(31-2)17(26)8-12/h4-9,11,14,26H,10H2,1-3H3,(H,24,27)(H,28,29). The molecule has 0 aliphatic carbocycles. The van der Waals surface area contributed by atoms with Crippen molar-refractivity contribution in [3.05, 3.63) is 59.4 Å². The summed E-state index contributed by atoms with van der Waals surface area (Å²) in [6, 6.07) is 10.1. The summed E-state index contributed by atoms with van der Waals surface area (Å²) in [6.45, 7) is 0. The third kappa shape index (κ3) is 3.47. The third-order valence-electron chi connectivity index (χ3n) is 5.51. The van der Waals surface area contributed by atoms with Gasteiger partial charge in [-0.3, -0.25) is 4.79 Å². The molecule has 9 heteroatoms. The van der Waals surface area contributed by atoms with Crippen LogP contribution in [0.5, 0.6) is 23.0 Å². The topological polar surface area (TPSA) is 119 Å². The number of phenolic OH excluding ortho intramolecular Hbond substituents is 1. The molecule has 0 fully saturated rings. The van der Waals surface area contributed by atoms with Crippen LogP contribution in [0.1, 0.15) is 34.0 Å². The van der Waals surface area contributed by atoms with E-state index in [4.69, 9.17) is 14.2 Å². The molecular formula is C23H22N2O7. The Kier molecular flexibility index (Phi) is 5.40. The first-order valence-electron chi connectivity index (χ1n) is 9.75. The summed E-state index contributed by atoms with van der Waals surface area (Å²) in [6.07, 6.45) is 1.53. The summed E-state index contributed by atoms with van der Waals surface area (Å²) in [5, 5.41) is 22.8. The highest BCUT2D eigenvalue weighted by Crippen LogP contribution is 2.44. The Labute approximate surface area is 183 Å². The maximum atomic E-state index is 12.5. The number of aromatic hydroxyl groups is 1. The molecule has 0 saturated heterocycles. The Hall–Kier alpha value is -4.14. The Morgan fingerprint density at radius 3 is 2.44 bits per heavy atom. The van der Waals surface area contributed by atoms with E-state index in [-0.39, 0.29) is 29.3 Å². The molecule has 1 aromatic heterocycles. The van der Waals surface area contributed by atoms with Gasteiger partial charge in [0.05, 0.1) is 38.4 Å². The van der Waals surface area contributed by atoms with E-state index in [1.165, 1.54) is 33.6 Å². The number of aromatic nitrogens is 1. The van der Waals surface area contributed by atoms with Crippen molar-refractivity contribution in [2.45, 2.75) is 12.3 Å². The van der Waals surface area contributed by atoms with Gasteiger partial charge < -0.3 is 34.3 Å². The van der Waals surface area contributed by atoms with Gasteiger partial charge in [0.1, 0.15) is 17.1 Å². The molecule has 0 spiro atoms. The average molecular weight is 438 g/mol. The number of carbonyl (C=O) groups excluding carboxylic acids is 1. The minimum absolute atomic E-state index is 0.0475. The molecule has 2 aromatic carbocycles. The number of fused-ring (bicyclic) bond motifs is 1. The van der Waals surface area contributed by atoms with Gasteiger partial charge in [-0.05, 0) is 29.8 Å². The molecule has 1 aliphatic rings. The molecule has 3 aromatic rings. The van der Waals surface area contributed by atoms with Crippen LogP contribution in [-0.2, 0) is 4.79 Å². The zero-order chi connectivity index (χ0) is 23.0. The van der Waals surface area contributed by atoms with Crippen LogP contribution in [0.2, 0.25) is 0 Å². The van der Waals surface area contributed by atoms with Gasteiger partial charge in [-0.1, -0.05) is 6.07 Å². The summed E-state index contributed by atoms with van der Waals surface area (Å²) in [7, 11) is 4.49. The lowest BCUT2D eigenvalue weighted by molar-refractivity contribution is -0.116. The molecule has 166 valence electrons. The highest BCUT2D eigenvalue weighted by molar-refractivity contribution is 6.04. The summed E-state index contributed by atoms with van der Waals surface area (Å²) >= 11 is 0. The fourth-order valence-corrected chi connectivity index (χ4v) is 4.01. The van der Waals surface area contributed by atoms with Gasteiger partial charge >= 0.3 is 5.97 Å². The predicted molar refractivity (Wildman–Crippen MR) is 116 cm³/mol. The Morgan fingerprint density at radius 2 is 1.81 bits per heavy atom. The highest BCUT2D eigenvalue weighted by atomic mass is 16.5. The van der Waals surface area contributed by atoms with E-state index >= 15 is 0 Å². The minimum atomic E-state index is -1.17. The predicted octanol–water partition coefficient (Wildman–Crippen LogP) is 3.38. The van der Waals surface area contributed by atoms with Crippen molar-refractivity contribution in [1.29, 1.82) is 0 Å². The Bertz CT molecular complexity index is 1220. The first kappa shape index (κ1) is 21.1. The fraction of sp³-hybridized carbons (Fsp3) is 0.217. The van der Waals surface area contributed by atoms with Crippen LogP contribution < -0.4 is 19.5 Å². The zero-order valence-corrected chi connectivity index (χ0v) is 17.7. The molecule has 0 radical (unpaired) electrons. The number of methoxy groups -OCH3 is 3. The summed E-state index contributed by atoms with van der Waals surface area (Å²) < 4.78 is 17.6. The Balaban J connectivity index is 1.97. The van der Waals surface area contributed by atoms with Gasteiger partial charge in [0.15, 0.2) is 11.5 Å². The van der Waals surface area contributed by atoms with E-state index in [1.807, 2.05) is 0 Å². The number of carbonyl (C=O) groups is 2. The van der Waals surface area contributed by atoms with Gasteiger partial charge in [0.25, 0.3) is 0 Å². The molecule has 4 rings (SSSR count). The van der Waals surface area contributed by atoms with Crippen molar-refractivity contribution < 1.29 is 34.0 Å². The largest absolute Gasteiger partial charge is 0.504 e. The number of carboxylic acid groups (broad SMARTS) is 1. The number of phenols is 1. The normalized spacial score (nSPS) is 15.0. The number of amides is 1. The van der Waals surface area contributed by atoms with Crippen LogP contribution in [0.15, 0.2) is 42.6 Å². The van der Waals surface area contributed by atoms with E-state index in [9.17, 15) is 19.8 Å². The summed E-state index contributed by atoms with van der Waals surface area (Å²) in [5.41, 5.74) is 1.95. The molecule has 3 N–H and O–H groups in total. The number of nitrogens with zero attached hydrogens (tertiary/aromatic N) is 1. The minimum Gasteiger partial charge on any atom is -0.504 e. The summed E-state index contributed by atoms with van der Waals surface area (Å²) in [4.78, 5) is 24.5. The molecule has 0 saturated carbocycles. The first-order chi connectivity index (χ1) is 15.4. The van der Waals surface area contributed by atoms with E-state index in [2.05, 4.69) is 5.32 Å². The second-order valence-electron chi connectivity index (χ2n) is 7.25. The number of anilines is 1. The van der Waals surface area contributed by atoms with Gasteiger partial charge in [-0.15, -0.1) is 0 Å². The lowest BCUT2D eigenvalue weighted by Crippen LogP contribution is -2.25.